The van der Waals surface area contributed by atoms with Crippen molar-refractivity contribution in [3.63, 3.8) is 0 Å². The molecule has 4 saturated carbocycles. The first-order valence-corrected chi connectivity index (χ1v) is 7.29. The summed E-state index contributed by atoms with van der Waals surface area (Å²) < 4.78 is 0. The SMILES string of the molecule is [C-]#[N+][C@H]1C2(C)CC[C@@H]3C(C2)C(C(C)C)CC31C. The molecule has 4 aliphatic rings. The highest BCUT2D eigenvalue weighted by molar-refractivity contribution is 5.20. The molecule has 0 saturated heterocycles. The molecule has 1 nitrogen and oxygen atoms in total. The van der Waals surface area contributed by atoms with E-state index >= 15 is 0 Å². The molecule has 0 aromatic rings. The summed E-state index contributed by atoms with van der Waals surface area (Å²) in [6.45, 7) is 17.3. The number of hydrogen-bond donors (Lipinski definition) is 0. The maximum Gasteiger partial charge on any atom is 0.234 e. The topological polar surface area (TPSA) is 4.36 Å². The van der Waals surface area contributed by atoms with Crippen LogP contribution in [0.25, 0.3) is 4.85 Å². The molecule has 0 heterocycles. The maximum atomic E-state index is 7.65. The van der Waals surface area contributed by atoms with Crippen molar-refractivity contribution in [3.8, 4) is 0 Å². The Morgan fingerprint density at radius 1 is 1.24 bits per heavy atom. The average molecular weight is 231 g/mol. The Balaban J connectivity index is 2.05. The number of hydrogen-bond acceptors (Lipinski definition) is 0. The summed E-state index contributed by atoms with van der Waals surface area (Å²) in [4.78, 5) is 4.10. The lowest BCUT2D eigenvalue weighted by Crippen LogP contribution is -2.55. The highest BCUT2D eigenvalue weighted by Crippen LogP contribution is 2.71. The number of fused-ring (bicyclic) bond motifs is 1. The van der Waals surface area contributed by atoms with Crippen molar-refractivity contribution in [2.24, 2.45) is 34.5 Å². The lowest BCUT2D eigenvalue weighted by atomic mass is 9.48. The highest BCUT2D eigenvalue weighted by atomic mass is 14.9. The normalized spacial score (nSPS) is 56.2. The van der Waals surface area contributed by atoms with Gasteiger partial charge in [-0.3, -0.25) is 0 Å². The smallest absolute Gasteiger partial charge is 0.234 e. The van der Waals surface area contributed by atoms with Crippen molar-refractivity contribution in [1.82, 2.24) is 0 Å². The van der Waals surface area contributed by atoms with Crippen LogP contribution in [0, 0.1) is 41.1 Å². The third-order valence-corrected chi connectivity index (χ3v) is 6.59. The van der Waals surface area contributed by atoms with E-state index in [1.807, 2.05) is 0 Å². The Kier molecular flexibility index (Phi) is 2.23. The first-order valence-electron chi connectivity index (χ1n) is 7.29. The van der Waals surface area contributed by atoms with Gasteiger partial charge in [-0.1, -0.05) is 27.7 Å². The van der Waals surface area contributed by atoms with Crippen molar-refractivity contribution in [3.05, 3.63) is 11.4 Å². The largest absolute Gasteiger partial charge is 0.312 e. The van der Waals surface area contributed by atoms with Gasteiger partial charge in [-0.05, 0) is 49.4 Å². The quantitative estimate of drug-likeness (QED) is 0.589. The molecule has 1 heteroatoms. The van der Waals surface area contributed by atoms with Crippen LogP contribution in [-0.2, 0) is 0 Å². The van der Waals surface area contributed by atoms with E-state index in [1.165, 1.54) is 25.7 Å². The molecule has 4 bridgehead atoms. The van der Waals surface area contributed by atoms with Crippen LogP contribution in [0.5, 0.6) is 0 Å². The van der Waals surface area contributed by atoms with Gasteiger partial charge in [0.1, 0.15) is 0 Å². The number of rotatable bonds is 1. The van der Waals surface area contributed by atoms with E-state index in [2.05, 4.69) is 32.5 Å². The minimum absolute atomic E-state index is 0.300. The second-order valence-corrected chi connectivity index (χ2v) is 7.82. The van der Waals surface area contributed by atoms with Gasteiger partial charge in [0.05, 0.1) is 0 Å². The van der Waals surface area contributed by atoms with E-state index in [4.69, 9.17) is 6.57 Å². The van der Waals surface area contributed by atoms with Crippen molar-refractivity contribution in [2.75, 3.05) is 0 Å². The van der Waals surface area contributed by atoms with E-state index in [-0.39, 0.29) is 0 Å². The second-order valence-electron chi connectivity index (χ2n) is 7.82. The van der Waals surface area contributed by atoms with Crippen molar-refractivity contribution >= 4 is 0 Å². The van der Waals surface area contributed by atoms with Crippen LogP contribution >= 0.6 is 0 Å². The van der Waals surface area contributed by atoms with Crippen molar-refractivity contribution < 1.29 is 0 Å². The molecule has 0 radical (unpaired) electrons. The minimum atomic E-state index is 0.300. The first-order chi connectivity index (χ1) is 7.92. The van der Waals surface area contributed by atoms with Gasteiger partial charge in [0, 0.05) is 10.8 Å². The Labute approximate surface area is 106 Å². The van der Waals surface area contributed by atoms with E-state index in [9.17, 15) is 0 Å². The summed E-state index contributed by atoms with van der Waals surface area (Å²) in [5.74, 6) is 3.47. The van der Waals surface area contributed by atoms with Crippen LogP contribution in [0.15, 0.2) is 0 Å². The fourth-order valence-corrected chi connectivity index (χ4v) is 5.95. The fourth-order valence-electron chi connectivity index (χ4n) is 5.95. The lowest BCUT2D eigenvalue weighted by molar-refractivity contribution is -0.0521. The van der Waals surface area contributed by atoms with E-state index in [0.29, 0.717) is 16.9 Å². The molecule has 0 aliphatic heterocycles. The zero-order valence-electron chi connectivity index (χ0n) is 11.7. The fraction of sp³-hybridized carbons (Fsp3) is 0.938. The summed E-state index contributed by atoms with van der Waals surface area (Å²) in [7, 11) is 0. The molecule has 0 aromatic heterocycles. The number of nitrogens with zero attached hydrogens (tertiary/aromatic N) is 1. The van der Waals surface area contributed by atoms with Crippen molar-refractivity contribution in [2.45, 2.75) is 59.4 Å². The summed E-state index contributed by atoms with van der Waals surface area (Å²) >= 11 is 0. The van der Waals surface area contributed by atoms with Crippen LogP contribution in [0.1, 0.15) is 53.4 Å². The Morgan fingerprint density at radius 2 is 1.94 bits per heavy atom. The molecule has 4 fully saturated rings. The van der Waals surface area contributed by atoms with Gasteiger partial charge in [0.2, 0.25) is 6.04 Å². The summed E-state index contributed by atoms with van der Waals surface area (Å²) in [6, 6.07) is 0.300. The zero-order valence-corrected chi connectivity index (χ0v) is 11.7. The van der Waals surface area contributed by atoms with Crippen LogP contribution in [-0.4, -0.2) is 6.04 Å². The molecule has 94 valence electrons. The van der Waals surface area contributed by atoms with Crippen LogP contribution in [0.4, 0.5) is 0 Å². The van der Waals surface area contributed by atoms with E-state index in [0.717, 1.165) is 23.7 Å². The van der Waals surface area contributed by atoms with E-state index < -0.39 is 0 Å². The third-order valence-electron chi connectivity index (χ3n) is 6.59. The molecule has 6 atom stereocenters. The molecule has 0 N–H and O–H groups in total. The molecular formula is C16H25N. The van der Waals surface area contributed by atoms with Gasteiger partial charge in [-0.2, -0.15) is 0 Å². The standard InChI is InChI=1S/C16H25N/c1-10(2)11-9-16(4)13-6-7-15(3,8-12(11)13)14(16)17-5/h10-14H,6-9H2,1-4H3/t11?,12?,13-,14+,15?,16?/m1/s1. The maximum absolute atomic E-state index is 7.65. The zero-order chi connectivity index (χ0) is 12.4. The Bertz CT molecular complexity index is 379. The average Bonchev–Trinajstić information content (AvgIpc) is 2.48. The second kappa shape index (κ2) is 3.28. The predicted octanol–water partition coefficient (Wildman–Crippen LogP) is 4.39. The molecule has 0 amide bonds. The molecule has 17 heavy (non-hydrogen) atoms. The molecule has 0 spiro atoms. The molecule has 0 aromatic carbocycles. The first kappa shape index (κ1) is 11.6. The third kappa shape index (κ3) is 1.25. The summed E-state index contributed by atoms with van der Waals surface area (Å²) in [6.07, 6.45) is 5.36. The van der Waals surface area contributed by atoms with Crippen LogP contribution in [0.2, 0.25) is 0 Å². The van der Waals surface area contributed by atoms with Gasteiger partial charge < -0.3 is 4.85 Å². The van der Waals surface area contributed by atoms with Crippen LogP contribution < -0.4 is 0 Å². The van der Waals surface area contributed by atoms with Gasteiger partial charge in [0.15, 0.2) is 0 Å². The Morgan fingerprint density at radius 3 is 2.53 bits per heavy atom. The van der Waals surface area contributed by atoms with Gasteiger partial charge in [-0.15, -0.1) is 0 Å². The molecule has 4 aliphatic carbocycles. The molecular weight excluding hydrogens is 206 g/mol. The molecule has 4 unspecified atom stereocenters. The minimum Gasteiger partial charge on any atom is -0.312 e. The van der Waals surface area contributed by atoms with Gasteiger partial charge in [0.25, 0.3) is 0 Å². The molecule has 4 rings (SSSR count). The monoisotopic (exact) mass is 231 g/mol. The Hall–Kier alpha value is -0.510. The summed E-state index contributed by atoms with van der Waals surface area (Å²) in [5.41, 5.74) is 0.673. The van der Waals surface area contributed by atoms with Crippen LogP contribution in [0.3, 0.4) is 0 Å². The summed E-state index contributed by atoms with van der Waals surface area (Å²) in [5, 5.41) is 0. The predicted molar refractivity (Wildman–Crippen MR) is 70.4 cm³/mol. The highest BCUT2D eigenvalue weighted by Gasteiger charge is 2.70. The lowest BCUT2D eigenvalue weighted by Gasteiger charge is -2.54. The van der Waals surface area contributed by atoms with Crippen molar-refractivity contribution in [1.29, 1.82) is 0 Å². The van der Waals surface area contributed by atoms with E-state index in [1.54, 1.807) is 0 Å². The van der Waals surface area contributed by atoms with Gasteiger partial charge in [-0.25, -0.2) is 6.57 Å². The van der Waals surface area contributed by atoms with Gasteiger partial charge >= 0.3 is 0 Å².